The van der Waals surface area contributed by atoms with Gasteiger partial charge in [-0.25, -0.2) is 9.69 Å². The lowest BCUT2D eigenvalue weighted by Gasteiger charge is -2.27. The topological polar surface area (TPSA) is 75.7 Å². The van der Waals surface area contributed by atoms with Crippen molar-refractivity contribution in [3.63, 3.8) is 0 Å². The monoisotopic (exact) mass is 476 g/mol. The minimum absolute atomic E-state index is 0.102. The van der Waals surface area contributed by atoms with E-state index in [9.17, 15) is 14.4 Å². The fraction of sp³-hybridized carbons (Fsp3) is 0.150. The summed E-state index contributed by atoms with van der Waals surface area (Å²) in [5, 5.41) is 2.24. The molecule has 7 heteroatoms. The number of carbonyl (C=O) groups excluding carboxylic acids is 3. The van der Waals surface area contributed by atoms with Gasteiger partial charge in [0, 0.05) is 0 Å². The van der Waals surface area contributed by atoms with Gasteiger partial charge < -0.3 is 4.74 Å². The van der Waals surface area contributed by atoms with E-state index in [0.29, 0.717) is 17.0 Å². The number of hydrogen-bond acceptors (Lipinski definition) is 4. The lowest BCUT2D eigenvalue weighted by atomic mass is 10.1. The molecule has 27 heavy (non-hydrogen) atoms. The van der Waals surface area contributed by atoms with Gasteiger partial charge in [0.2, 0.25) is 0 Å². The third kappa shape index (κ3) is 3.87. The van der Waals surface area contributed by atoms with Crippen LogP contribution >= 0.6 is 22.6 Å². The molecule has 0 aromatic heterocycles. The van der Waals surface area contributed by atoms with Gasteiger partial charge in [0.05, 0.1) is 16.4 Å². The number of methoxy groups -OCH3 is 1. The Balaban J connectivity index is 2.03. The highest BCUT2D eigenvalue weighted by Gasteiger charge is 2.36. The third-order valence-electron chi connectivity index (χ3n) is 4.05. The Morgan fingerprint density at radius 2 is 1.70 bits per heavy atom. The van der Waals surface area contributed by atoms with E-state index in [1.165, 1.54) is 6.08 Å². The zero-order valence-corrected chi connectivity index (χ0v) is 17.2. The van der Waals surface area contributed by atoms with Crippen LogP contribution in [-0.2, 0) is 9.59 Å². The van der Waals surface area contributed by atoms with Crippen LogP contribution < -0.4 is 15.0 Å². The fourth-order valence-electron chi connectivity index (χ4n) is 2.91. The zero-order chi connectivity index (χ0) is 19.7. The number of imide groups is 2. The summed E-state index contributed by atoms with van der Waals surface area (Å²) < 4.78 is 6.06. The van der Waals surface area contributed by atoms with Crippen molar-refractivity contribution in [1.82, 2.24) is 5.32 Å². The van der Waals surface area contributed by atoms with Crippen LogP contribution in [0.3, 0.4) is 0 Å². The van der Waals surface area contributed by atoms with E-state index < -0.39 is 17.8 Å². The number of anilines is 1. The molecule has 3 rings (SSSR count). The van der Waals surface area contributed by atoms with Crippen LogP contribution in [0.5, 0.6) is 5.75 Å². The maximum atomic E-state index is 12.9. The van der Waals surface area contributed by atoms with Crippen LogP contribution in [0.1, 0.15) is 16.7 Å². The maximum Gasteiger partial charge on any atom is 0.335 e. The van der Waals surface area contributed by atoms with Gasteiger partial charge in [-0.3, -0.25) is 14.9 Å². The minimum atomic E-state index is -0.753. The first-order valence-electron chi connectivity index (χ1n) is 8.13. The first-order chi connectivity index (χ1) is 12.8. The van der Waals surface area contributed by atoms with E-state index in [-0.39, 0.29) is 5.57 Å². The Morgan fingerprint density at radius 3 is 2.30 bits per heavy atom. The smallest absolute Gasteiger partial charge is 0.335 e. The second kappa shape index (κ2) is 7.51. The number of nitrogens with one attached hydrogen (secondary N) is 1. The molecule has 4 amide bonds. The molecule has 1 aliphatic rings. The van der Waals surface area contributed by atoms with Crippen molar-refractivity contribution < 1.29 is 19.1 Å². The number of aryl methyl sites for hydroxylation is 2. The van der Waals surface area contributed by atoms with Crippen LogP contribution in [0.25, 0.3) is 6.08 Å². The summed E-state index contributed by atoms with van der Waals surface area (Å²) in [5.41, 5.74) is 2.82. The second-order valence-electron chi connectivity index (χ2n) is 6.20. The largest absolute Gasteiger partial charge is 0.496 e. The Labute approximate surface area is 170 Å². The van der Waals surface area contributed by atoms with E-state index in [4.69, 9.17) is 4.74 Å². The number of carbonyl (C=O) groups is 3. The molecule has 0 spiro atoms. The summed E-state index contributed by atoms with van der Waals surface area (Å²) in [6, 6.07) is 9.94. The average Bonchev–Trinajstić information content (AvgIpc) is 2.57. The van der Waals surface area contributed by atoms with E-state index in [1.807, 2.05) is 19.9 Å². The number of urea groups is 1. The molecule has 1 saturated heterocycles. The van der Waals surface area contributed by atoms with E-state index in [1.54, 1.807) is 37.4 Å². The van der Waals surface area contributed by atoms with Crippen molar-refractivity contribution in [2.75, 3.05) is 12.0 Å². The van der Waals surface area contributed by atoms with Crippen LogP contribution in [0.15, 0.2) is 42.0 Å². The number of hydrogen-bond donors (Lipinski definition) is 1. The van der Waals surface area contributed by atoms with Gasteiger partial charge in [0.25, 0.3) is 11.8 Å². The Hall–Kier alpha value is -2.68. The normalized spacial score (nSPS) is 15.9. The maximum absolute atomic E-state index is 12.9. The number of benzene rings is 2. The fourth-order valence-corrected chi connectivity index (χ4v) is 3.67. The summed E-state index contributed by atoms with van der Waals surface area (Å²) in [6.45, 7) is 3.76. The molecule has 0 unspecified atom stereocenters. The van der Waals surface area contributed by atoms with Crippen molar-refractivity contribution in [2.24, 2.45) is 0 Å². The first kappa shape index (κ1) is 19.1. The number of nitrogens with zero attached hydrogens (tertiary/aromatic N) is 1. The van der Waals surface area contributed by atoms with E-state index in [0.717, 1.165) is 19.6 Å². The Kier molecular flexibility index (Phi) is 5.31. The lowest BCUT2D eigenvalue weighted by Crippen LogP contribution is -2.54. The zero-order valence-electron chi connectivity index (χ0n) is 15.0. The highest BCUT2D eigenvalue weighted by molar-refractivity contribution is 14.1. The van der Waals surface area contributed by atoms with Crippen LogP contribution in [-0.4, -0.2) is 25.0 Å². The second-order valence-corrected chi connectivity index (χ2v) is 7.36. The molecular formula is C20H17IN2O4. The van der Waals surface area contributed by atoms with Gasteiger partial charge in [-0.15, -0.1) is 0 Å². The van der Waals surface area contributed by atoms with Crippen molar-refractivity contribution in [2.45, 2.75) is 13.8 Å². The van der Waals surface area contributed by atoms with Crippen LogP contribution in [0.2, 0.25) is 0 Å². The van der Waals surface area contributed by atoms with Crippen molar-refractivity contribution in [3.8, 4) is 5.75 Å². The van der Waals surface area contributed by atoms with Gasteiger partial charge in [-0.1, -0.05) is 12.1 Å². The minimum Gasteiger partial charge on any atom is -0.496 e. The molecule has 1 fully saturated rings. The Bertz CT molecular complexity index is 977. The van der Waals surface area contributed by atoms with E-state index in [2.05, 4.69) is 27.9 Å². The van der Waals surface area contributed by atoms with E-state index >= 15 is 0 Å². The van der Waals surface area contributed by atoms with Crippen LogP contribution in [0.4, 0.5) is 10.5 Å². The number of amides is 4. The Morgan fingerprint density at radius 1 is 1.04 bits per heavy atom. The van der Waals surface area contributed by atoms with Gasteiger partial charge in [0.1, 0.15) is 11.3 Å². The molecule has 0 bridgehead atoms. The number of barbiturate groups is 1. The lowest BCUT2D eigenvalue weighted by molar-refractivity contribution is -0.122. The number of halogens is 1. The molecular weight excluding hydrogens is 459 g/mol. The predicted molar refractivity (Wildman–Crippen MR) is 111 cm³/mol. The van der Waals surface area contributed by atoms with Crippen molar-refractivity contribution in [1.29, 1.82) is 0 Å². The molecule has 2 aromatic carbocycles. The molecule has 138 valence electrons. The van der Waals surface area contributed by atoms with Gasteiger partial charge in [-0.05, 0) is 83.5 Å². The predicted octanol–water partition coefficient (Wildman–Crippen LogP) is 3.58. The van der Waals surface area contributed by atoms with Gasteiger partial charge >= 0.3 is 6.03 Å². The van der Waals surface area contributed by atoms with Gasteiger partial charge in [-0.2, -0.15) is 0 Å². The summed E-state index contributed by atoms with van der Waals surface area (Å²) >= 11 is 2.11. The molecule has 1 heterocycles. The molecule has 6 nitrogen and oxygen atoms in total. The molecule has 1 aliphatic heterocycles. The van der Waals surface area contributed by atoms with Crippen molar-refractivity contribution in [3.05, 3.63) is 62.2 Å². The third-order valence-corrected chi connectivity index (χ3v) is 4.90. The summed E-state index contributed by atoms with van der Waals surface area (Å²) in [7, 11) is 1.57. The highest BCUT2D eigenvalue weighted by Crippen LogP contribution is 2.26. The van der Waals surface area contributed by atoms with Crippen LogP contribution in [0, 0.1) is 17.4 Å². The first-order valence-corrected chi connectivity index (χ1v) is 9.21. The molecule has 0 atom stereocenters. The average molecular weight is 476 g/mol. The number of rotatable bonds is 3. The standard InChI is InChI=1S/C20H17IN2O4/c1-11-6-12(2)8-14(7-11)23-19(25)15(18(24)22-20(23)26)9-13-4-5-17(27-3)16(21)10-13/h4-10H,1-3H3,(H,22,24,26). The molecule has 1 N–H and O–H groups in total. The summed E-state index contributed by atoms with van der Waals surface area (Å²) in [6.07, 6.45) is 1.47. The van der Waals surface area contributed by atoms with Gasteiger partial charge in [0.15, 0.2) is 0 Å². The molecule has 0 radical (unpaired) electrons. The summed E-state index contributed by atoms with van der Waals surface area (Å²) in [5.74, 6) is -0.666. The highest BCUT2D eigenvalue weighted by atomic mass is 127. The quantitative estimate of drug-likeness (QED) is 0.418. The molecule has 2 aromatic rings. The SMILES string of the molecule is COc1ccc(C=C2C(=O)NC(=O)N(c3cc(C)cc(C)c3)C2=O)cc1I. The van der Waals surface area contributed by atoms with Crippen molar-refractivity contribution >= 4 is 52.2 Å². The number of ether oxygens (including phenoxy) is 1. The summed E-state index contributed by atoms with van der Waals surface area (Å²) in [4.78, 5) is 38.5. The molecule has 0 saturated carbocycles. The molecule has 0 aliphatic carbocycles.